The van der Waals surface area contributed by atoms with Crippen LogP contribution in [0.1, 0.15) is 22.7 Å². The summed E-state index contributed by atoms with van der Waals surface area (Å²) in [6.45, 7) is 1.06. The number of nitrogens with one attached hydrogen (secondary N) is 2. The predicted molar refractivity (Wildman–Crippen MR) is 108 cm³/mol. The van der Waals surface area contributed by atoms with Crippen molar-refractivity contribution in [2.75, 3.05) is 19.3 Å². The summed E-state index contributed by atoms with van der Waals surface area (Å²) in [7, 11) is -6.81. The zero-order chi connectivity index (χ0) is 18.8. The van der Waals surface area contributed by atoms with E-state index in [0.717, 1.165) is 24.8 Å². The molecule has 1 heterocycles. The maximum atomic E-state index is 12.5. The first-order valence-corrected chi connectivity index (χ1v) is 11.9. The molecule has 6 nitrogen and oxygen atoms in total. The third-order valence-corrected chi connectivity index (χ3v) is 6.65. The molecule has 27 heavy (non-hydrogen) atoms. The fourth-order valence-electron chi connectivity index (χ4n) is 3.12. The molecule has 9 heteroatoms. The minimum atomic E-state index is -3.66. The second-order valence-corrected chi connectivity index (χ2v) is 10.4. The van der Waals surface area contributed by atoms with E-state index in [-0.39, 0.29) is 35.6 Å². The van der Waals surface area contributed by atoms with Gasteiger partial charge in [-0.15, -0.1) is 12.4 Å². The van der Waals surface area contributed by atoms with Crippen LogP contribution in [0.5, 0.6) is 0 Å². The van der Waals surface area contributed by atoms with Crippen LogP contribution in [0.2, 0.25) is 0 Å². The molecule has 0 fully saturated rings. The normalized spacial score (nSPS) is 17.0. The van der Waals surface area contributed by atoms with Crippen molar-refractivity contribution in [1.82, 2.24) is 10.0 Å². The van der Waals surface area contributed by atoms with Crippen molar-refractivity contribution < 1.29 is 16.8 Å². The first-order valence-electron chi connectivity index (χ1n) is 8.32. The maximum Gasteiger partial charge on any atom is 0.240 e. The van der Waals surface area contributed by atoms with Crippen LogP contribution >= 0.6 is 12.4 Å². The molecule has 0 aromatic heterocycles. The second kappa shape index (κ2) is 8.70. The van der Waals surface area contributed by atoms with Crippen LogP contribution in [0.15, 0.2) is 53.4 Å². The predicted octanol–water partition coefficient (Wildman–Crippen LogP) is 1.82. The van der Waals surface area contributed by atoms with Crippen LogP contribution in [-0.2, 0) is 32.0 Å². The maximum absolute atomic E-state index is 12.5. The van der Waals surface area contributed by atoms with Crippen molar-refractivity contribution in [2.24, 2.45) is 0 Å². The largest absolute Gasteiger partial charge is 0.308 e. The molecule has 2 N–H and O–H groups in total. The first kappa shape index (κ1) is 21.8. The number of rotatable bonds is 6. The lowest BCUT2D eigenvalue weighted by atomic mass is 9.95. The fraction of sp³-hybridized carbons (Fsp3) is 0.333. The highest BCUT2D eigenvalue weighted by molar-refractivity contribution is 7.90. The summed E-state index contributed by atoms with van der Waals surface area (Å²) in [5, 5.41) is 3.34. The van der Waals surface area contributed by atoms with E-state index in [0.29, 0.717) is 5.56 Å². The molecule has 2 aromatic carbocycles. The van der Waals surface area contributed by atoms with Gasteiger partial charge in [-0.05, 0) is 41.8 Å². The molecular weight excluding hydrogens is 408 g/mol. The highest BCUT2D eigenvalue weighted by Gasteiger charge is 2.22. The highest BCUT2D eigenvalue weighted by Crippen LogP contribution is 2.22. The van der Waals surface area contributed by atoms with Crippen molar-refractivity contribution in [3.05, 3.63) is 65.2 Å². The molecule has 0 aliphatic carbocycles. The van der Waals surface area contributed by atoms with Crippen molar-refractivity contribution in [2.45, 2.75) is 23.1 Å². The van der Waals surface area contributed by atoms with Gasteiger partial charge in [-0.2, -0.15) is 0 Å². The van der Waals surface area contributed by atoms with Gasteiger partial charge in [0.1, 0.15) is 0 Å². The van der Waals surface area contributed by atoms with Crippen LogP contribution in [0.4, 0.5) is 0 Å². The highest BCUT2D eigenvalue weighted by atomic mass is 35.5. The minimum absolute atomic E-state index is 0. The standard InChI is InChI=1S/C18H22N2O4S2.ClH/c1-25(21,22)13-14-6-8-16(9-7-14)26(23,24)20-12-18-17-5-3-2-4-15(17)10-11-19-18;/h2-9,18-20H,10-13H2,1H3;1H. The van der Waals surface area contributed by atoms with Gasteiger partial charge >= 0.3 is 0 Å². The van der Waals surface area contributed by atoms with E-state index < -0.39 is 19.9 Å². The molecule has 0 bridgehead atoms. The van der Waals surface area contributed by atoms with Gasteiger partial charge in [0, 0.05) is 18.8 Å². The average molecular weight is 431 g/mol. The van der Waals surface area contributed by atoms with E-state index in [1.807, 2.05) is 18.2 Å². The number of fused-ring (bicyclic) bond motifs is 1. The summed E-state index contributed by atoms with van der Waals surface area (Å²) in [5.74, 6) is -0.108. The van der Waals surface area contributed by atoms with Crippen molar-refractivity contribution in [3.63, 3.8) is 0 Å². The van der Waals surface area contributed by atoms with E-state index in [9.17, 15) is 16.8 Å². The number of sulfone groups is 1. The van der Waals surface area contributed by atoms with Gasteiger partial charge in [-0.1, -0.05) is 36.4 Å². The van der Waals surface area contributed by atoms with Gasteiger partial charge in [0.05, 0.1) is 10.6 Å². The third-order valence-electron chi connectivity index (χ3n) is 4.36. The second-order valence-electron chi connectivity index (χ2n) is 6.52. The number of benzene rings is 2. The van der Waals surface area contributed by atoms with Crippen LogP contribution < -0.4 is 10.0 Å². The Balaban J connectivity index is 0.00000261. The zero-order valence-electron chi connectivity index (χ0n) is 14.9. The number of hydrogen-bond acceptors (Lipinski definition) is 5. The zero-order valence-corrected chi connectivity index (χ0v) is 17.3. The molecule has 0 amide bonds. The molecular formula is C18H23ClN2O4S2. The summed E-state index contributed by atoms with van der Waals surface area (Å²) in [5.41, 5.74) is 2.92. The number of halogens is 1. The van der Waals surface area contributed by atoms with E-state index in [1.54, 1.807) is 0 Å². The molecule has 1 aliphatic heterocycles. The molecule has 1 unspecified atom stereocenters. The Morgan fingerprint density at radius 3 is 2.37 bits per heavy atom. The molecule has 1 atom stereocenters. The quantitative estimate of drug-likeness (QED) is 0.729. The van der Waals surface area contributed by atoms with Gasteiger partial charge < -0.3 is 5.32 Å². The summed E-state index contributed by atoms with van der Waals surface area (Å²) in [6, 6.07) is 13.9. The molecule has 0 radical (unpaired) electrons. The van der Waals surface area contributed by atoms with Crippen molar-refractivity contribution in [3.8, 4) is 0 Å². The Kier molecular flexibility index (Phi) is 7.04. The Labute approximate surface area is 166 Å². The molecule has 1 aliphatic rings. The number of sulfonamides is 1. The van der Waals surface area contributed by atoms with Crippen LogP contribution in [0, 0.1) is 0 Å². The third kappa shape index (κ3) is 5.76. The fourth-order valence-corrected chi connectivity index (χ4v) is 4.96. The minimum Gasteiger partial charge on any atom is -0.308 e. The SMILES string of the molecule is CS(=O)(=O)Cc1ccc(S(=O)(=O)NCC2NCCc3ccccc32)cc1.Cl. The van der Waals surface area contributed by atoms with Crippen molar-refractivity contribution >= 4 is 32.3 Å². The van der Waals surface area contributed by atoms with Gasteiger partial charge in [-0.25, -0.2) is 21.6 Å². The summed E-state index contributed by atoms with van der Waals surface area (Å²) in [4.78, 5) is 0.124. The van der Waals surface area contributed by atoms with E-state index in [1.165, 1.54) is 29.8 Å². The van der Waals surface area contributed by atoms with Gasteiger partial charge in [-0.3, -0.25) is 0 Å². The topological polar surface area (TPSA) is 92.3 Å². The lowest BCUT2D eigenvalue weighted by Gasteiger charge is -2.27. The summed E-state index contributed by atoms with van der Waals surface area (Å²) < 4.78 is 50.3. The van der Waals surface area contributed by atoms with E-state index >= 15 is 0 Å². The Morgan fingerprint density at radius 2 is 1.70 bits per heavy atom. The molecule has 3 rings (SSSR count). The summed E-state index contributed by atoms with van der Waals surface area (Å²) in [6.07, 6.45) is 2.08. The van der Waals surface area contributed by atoms with Gasteiger partial charge in [0.25, 0.3) is 0 Å². The first-order chi connectivity index (χ1) is 12.2. The van der Waals surface area contributed by atoms with Crippen LogP contribution in [0.25, 0.3) is 0 Å². The lowest BCUT2D eigenvalue weighted by molar-refractivity contribution is 0.491. The lowest BCUT2D eigenvalue weighted by Crippen LogP contribution is -2.38. The molecule has 2 aromatic rings. The smallest absolute Gasteiger partial charge is 0.240 e. The number of hydrogen-bond donors (Lipinski definition) is 2. The van der Waals surface area contributed by atoms with E-state index in [2.05, 4.69) is 16.1 Å². The molecule has 0 saturated carbocycles. The van der Waals surface area contributed by atoms with Crippen molar-refractivity contribution in [1.29, 1.82) is 0 Å². The molecule has 0 saturated heterocycles. The Hall–Kier alpha value is -1.45. The van der Waals surface area contributed by atoms with Crippen LogP contribution in [0.3, 0.4) is 0 Å². The average Bonchev–Trinajstić information content (AvgIpc) is 2.59. The summed E-state index contributed by atoms with van der Waals surface area (Å²) >= 11 is 0. The van der Waals surface area contributed by atoms with Gasteiger partial charge in [0.2, 0.25) is 10.0 Å². The Morgan fingerprint density at radius 1 is 1.04 bits per heavy atom. The van der Waals surface area contributed by atoms with Crippen LogP contribution in [-0.4, -0.2) is 36.2 Å². The van der Waals surface area contributed by atoms with Gasteiger partial charge in [0.15, 0.2) is 9.84 Å². The Bertz CT molecular complexity index is 990. The molecule has 0 spiro atoms. The monoisotopic (exact) mass is 430 g/mol. The molecule has 148 valence electrons. The van der Waals surface area contributed by atoms with E-state index in [4.69, 9.17) is 0 Å².